The summed E-state index contributed by atoms with van der Waals surface area (Å²) in [4.78, 5) is 19.6. The lowest BCUT2D eigenvalue weighted by Crippen LogP contribution is -2.37. The van der Waals surface area contributed by atoms with E-state index >= 15 is 0 Å². The van der Waals surface area contributed by atoms with Crippen LogP contribution in [0.15, 0.2) is 53.1 Å². The van der Waals surface area contributed by atoms with Crippen molar-refractivity contribution in [2.75, 3.05) is 13.2 Å². The second-order valence-electron chi connectivity index (χ2n) is 6.92. The normalized spacial score (nSPS) is 22.9. The van der Waals surface area contributed by atoms with E-state index < -0.39 is 0 Å². The molecule has 26 heavy (non-hydrogen) atoms. The molecule has 7 heteroatoms. The number of fused-ring (bicyclic) bond motifs is 1. The molecule has 3 aliphatic rings. The monoisotopic (exact) mass is 354 g/mol. The van der Waals surface area contributed by atoms with Crippen molar-refractivity contribution in [3.8, 4) is 0 Å². The summed E-state index contributed by atoms with van der Waals surface area (Å²) in [7, 11) is 0. The average Bonchev–Trinajstić information content (AvgIpc) is 3.06. The molecule has 1 fully saturated rings. The zero-order valence-electron chi connectivity index (χ0n) is 14.7. The Morgan fingerprint density at radius 3 is 2.65 bits per heavy atom. The van der Waals surface area contributed by atoms with E-state index in [9.17, 15) is 10.1 Å². The number of rotatable bonds is 4. The largest absolute Gasteiger partial charge is 0.381 e. The fourth-order valence-electron chi connectivity index (χ4n) is 3.68. The summed E-state index contributed by atoms with van der Waals surface area (Å²) in [6.07, 6.45) is 8.48. The average molecular weight is 354 g/mol. The van der Waals surface area contributed by atoms with Crippen molar-refractivity contribution in [2.24, 2.45) is 10.9 Å². The van der Waals surface area contributed by atoms with Crippen LogP contribution in [-0.2, 0) is 11.3 Å². The third-order valence-electron chi connectivity index (χ3n) is 5.20. The maximum absolute atomic E-state index is 10.8. The Balaban J connectivity index is 1.47. The van der Waals surface area contributed by atoms with E-state index in [2.05, 4.69) is 29.1 Å². The molecule has 3 aliphatic heterocycles. The van der Waals surface area contributed by atoms with Crippen molar-refractivity contribution in [1.82, 2.24) is 9.80 Å². The summed E-state index contributed by atoms with van der Waals surface area (Å²) >= 11 is 0. The van der Waals surface area contributed by atoms with Crippen LogP contribution in [0.5, 0.6) is 0 Å². The molecule has 0 radical (unpaired) electrons. The topological polar surface area (TPSA) is 71.2 Å². The Bertz CT molecular complexity index is 778. The number of benzene rings is 1. The van der Waals surface area contributed by atoms with Crippen molar-refractivity contribution in [3.63, 3.8) is 0 Å². The minimum absolute atomic E-state index is 0.117. The summed E-state index contributed by atoms with van der Waals surface area (Å²) in [5.74, 6) is 0.524. The van der Waals surface area contributed by atoms with Crippen LogP contribution in [0.3, 0.4) is 0 Å². The first kappa shape index (κ1) is 16.8. The van der Waals surface area contributed by atoms with Crippen LogP contribution in [0, 0.1) is 16.0 Å². The minimum Gasteiger partial charge on any atom is -0.381 e. The number of nitro groups is 1. The van der Waals surface area contributed by atoms with E-state index in [1.807, 2.05) is 18.3 Å². The van der Waals surface area contributed by atoms with Gasteiger partial charge in [-0.1, -0.05) is 12.1 Å². The fourth-order valence-corrected chi connectivity index (χ4v) is 3.68. The minimum atomic E-state index is -0.374. The molecule has 1 aromatic carbocycles. The zero-order chi connectivity index (χ0) is 18.1. The molecule has 0 bridgehead atoms. The highest BCUT2D eigenvalue weighted by atomic mass is 16.6. The molecule has 3 heterocycles. The number of nitrogens with zero attached hydrogens (tertiary/aromatic N) is 4. The molecule has 1 unspecified atom stereocenters. The Morgan fingerprint density at radius 1 is 1.23 bits per heavy atom. The lowest BCUT2D eigenvalue weighted by Gasteiger charge is -2.36. The van der Waals surface area contributed by atoms with E-state index in [1.54, 1.807) is 12.1 Å². The number of aliphatic imine (C=N–C) groups is 1. The van der Waals surface area contributed by atoms with E-state index in [0.29, 0.717) is 12.5 Å². The van der Waals surface area contributed by atoms with Gasteiger partial charge in [0.05, 0.1) is 10.6 Å². The van der Waals surface area contributed by atoms with Crippen LogP contribution in [0.4, 0.5) is 5.69 Å². The molecule has 0 N–H and O–H groups in total. The van der Waals surface area contributed by atoms with Crippen molar-refractivity contribution < 1.29 is 9.66 Å². The van der Waals surface area contributed by atoms with Gasteiger partial charge in [-0.05, 0) is 25.3 Å². The van der Waals surface area contributed by atoms with E-state index in [-0.39, 0.29) is 16.8 Å². The van der Waals surface area contributed by atoms with Gasteiger partial charge in [0.2, 0.25) is 0 Å². The first-order valence-electron chi connectivity index (χ1n) is 8.91. The summed E-state index contributed by atoms with van der Waals surface area (Å²) in [5, 5.41) is 10.8. The molecule has 0 aromatic heterocycles. The molecular formula is C19H22N4O3. The number of non-ortho nitro benzene ring substituents is 1. The van der Waals surface area contributed by atoms with Crippen molar-refractivity contribution in [2.45, 2.75) is 32.5 Å². The van der Waals surface area contributed by atoms with Crippen LogP contribution in [0.25, 0.3) is 0 Å². The van der Waals surface area contributed by atoms with Crippen molar-refractivity contribution in [1.29, 1.82) is 0 Å². The molecule has 0 spiro atoms. The summed E-state index contributed by atoms with van der Waals surface area (Å²) in [5.41, 5.74) is 3.37. The van der Waals surface area contributed by atoms with Crippen LogP contribution >= 0.6 is 0 Å². The van der Waals surface area contributed by atoms with Gasteiger partial charge >= 0.3 is 0 Å². The van der Waals surface area contributed by atoms with Gasteiger partial charge in [-0.25, -0.2) is 0 Å². The molecule has 1 aromatic rings. The van der Waals surface area contributed by atoms with Gasteiger partial charge in [-0.2, -0.15) is 0 Å². The first-order chi connectivity index (χ1) is 12.6. The van der Waals surface area contributed by atoms with Crippen LogP contribution in [-0.4, -0.2) is 40.3 Å². The maximum Gasteiger partial charge on any atom is 0.269 e. The molecular weight excluding hydrogens is 332 g/mol. The van der Waals surface area contributed by atoms with E-state index in [0.717, 1.165) is 43.0 Å². The van der Waals surface area contributed by atoms with Gasteiger partial charge < -0.3 is 14.5 Å². The van der Waals surface area contributed by atoms with Gasteiger partial charge in [-0.3, -0.25) is 15.1 Å². The molecule has 7 nitrogen and oxygen atoms in total. The Kier molecular flexibility index (Phi) is 4.46. The number of ether oxygens (including phenoxy) is 1. The van der Waals surface area contributed by atoms with Crippen molar-refractivity contribution in [3.05, 3.63) is 63.7 Å². The van der Waals surface area contributed by atoms with Crippen LogP contribution in [0.1, 0.15) is 25.3 Å². The van der Waals surface area contributed by atoms with Crippen LogP contribution in [0.2, 0.25) is 0 Å². The molecule has 0 saturated carbocycles. The smallest absolute Gasteiger partial charge is 0.269 e. The third-order valence-corrected chi connectivity index (χ3v) is 5.20. The van der Waals surface area contributed by atoms with Gasteiger partial charge in [-0.15, -0.1) is 0 Å². The second kappa shape index (κ2) is 6.92. The zero-order valence-corrected chi connectivity index (χ0v) is 14.7. The molecule has 4 rings (SSSR count). The Morgan fingerprint density at radius 2 is 1.96 bits per heavy atom. The van der Waals surface area contributed by atoms with Gasteiger partial charge in [0.15, 0.2) is 0 Å². The molecule has 136 valence electrons. The SMILES string of the molecule is CC1=CN2C(=CN1Cc1ccc([N+](=O)[O-])cc1)C=NC2C1CCOCC1. The predicted octanol–water partition coefficient (Wildman–Crippen LogP) is 3.25. The molecule has 0 amide bonds. The summed E-state index contributed by atoms with van der Waals surface area (Å²) in [6.45, 7) is 4.39. The highest BCUT2D eigenvalue weighted by Gasteiger charge is 2.34. The number of hydrogen-bond donors (Lipinski definition) is 0. The standard InChI is InChI=1S/C19H22N4O3/c1-14-11-22-18(10-20-19(22)16-6-8-26-9-7-16)13-21(14)12-15-2-4-17(5-3-15)23(24)25/h2-5,10-11,13,16,19H,6-9,12H2,1H3. The number of allylic oxidation sites excluding steroid dienone is 2. The number of nitro benzene ring substituents is 1. The molecule has 0 aliphatic carbocycles. The summed E-state index contributed by atoms with van der Waals surface area (Å²) in [6, 6.07) is 6.72. The maximum atomic E-state index is 10.8. The summed E-state index contributed by atoms with van der Waals surface area (Å²) < 4.78 is 5.47. The molecule has 1 saturated heterocycles. The third kappa shape index (κ3) is 3.22. The fraction of sp³-hybridized carbons (Fsp3) is 0.421. The Hall–Kier alpha value is -2.67. The van der Waals surface area contributed by atoms with E-state index in [4.69, 9.17) is 9.73 Å². The number of hydrogen-bond acceptors (Lipinski definition) is 6. The second-order valence-corrected chi connectivity index (χ2v) is 6.92. The van der Waals surface area contributed by atoms with Gasteiger partial charge in [0.1, 0.15) is 6.17 Å². The highest BCUT2D eigenvalue weighted by Crippen LogP contribution is 2.33. The van der Waals surface area contributed by atoms with Gasteiger partial charge in [0, 0.05) is 62.1 Å². The lowest BCUT2D eigenvalue weighted by molar-refractivity contribution is -0.384. The predicted molar refractivity (Wildman–Crippen MR) is 98.1 cm³/mol. The highest BCUT2D eigenvalue weighted by molar-refractivity contribution is 5.81. The van der Waals surface area contributed by atoms with Crippen LogP contribution < -0.4 is 0 Å². The van der Waals surface area contributed by atoms with Crippen molar-refractivity contribution >= 4 is 11.9 Å². The quantitative estimate of drug-likeness (QED) is 0.613. The van der Waals surface area contributed by atoms with Gasteiger partial charge in [0.25, 0.3) is 5.69 Å². The first-order valence-corrected chi connectivity index (χ1v) is 8.91. The lowest BCUT2D eigenvalue weighted by atomic mass is 9.96. The van der Waals surface area contributed by atoms with E-state index in [1.165, 1.54) is 0 Å². The Labute approximate surface area is 152 Å². The molecule has 1 atom stereocenters.